The number of amidine groups is 1. The fourth-order valence-electron chi connectivity index (χ4n) is 2.84. The fourth-order valence-corrected chi connectivity index (χ4v) is 2.84. The summed E-state index contributed by atoms with van der Waals surface area (Å²) in [6, 6.07) is 12.6. The van der Waals surface area contributed by atoms with E-state index in [2.05, 4.69) is 5.32 Å². The molecule has 154 valence electrons. The lowest BCUT2D eigenvalue weighted by atomic mass is 10.0. The van der Waals surface area contributed by atoms with Crippen molar-refractivity contribution in [1.29, 1.82) is 5.41 Å². The molecule has 0 aliphatic rings. The van der Waals surface area contributed by atoms with Crippen LogP contribution in [0, 0.1) is 5.41 Å². The van der Waals surface area contributed by atoms with Gasteiger partial charge in [-0.25, -0.2) is 4.79 Å². The number of benzene rings is 2. The summed E-state index contributed by atoms with van der Waals surface area (Å²) in [5.74, 6) is -0.297. The van der Waals surface area contributed by atoms with Gasteiger partial charge in [-0.1, -0.05) is 43.7 Å². The number of nitrogens with one attached hydrogen (secondary N) is 2. The van der Waals surface area contributed by atoms with Crippen molar-refractivity contribution < 1.29 is 19.1 Å². The van der Waals surface area contributed by atoms with Crippen LogP contribution >= 0.6 is 0 Å². The van der Waals surface area contributed by atoms with Gasteiger partial charge in [0.1, 0.15) is 11.6 Å². The summed E-state index contributed by atoms with van der Waals surface area (Å²) >= 11 is 0. The van der Waals surface area contributed by atoms with Crippen molar-refractivity contribution in [3.8, 4) is 16.9 Å². The molecular formula is C22H27N3O4. The molecule has 0 radical (unpaired) electrons. The van der Waals surface area contributed by atoms with Crippen LogP contribution in [-0.4, -0.2) is 30.9 Å². The highest BCUT2D eigenvalue weighted by atomic mass is 16.6. The number of rotatable bonds is 9. The zero-order chi connectivity index (χ0) is 21.4. The summed E-state index contributed by atoms with van der Waals surface area (Å²) in [7, 11) is 1.33. The summed E-state index contributed by atoms with van der Waals surface area (Å²) in [5.41, 5.74) is 8.34. The van der Waals surface area contributed by atoms with Gasteiger partial charge in [-0.05, 0) is 36.1 Å². The van der Waals surface area contributed by atoms with E-state index in [4.69, 9.17) is 20.6 Å². The zero-order valence-electron chi connectivity index (χ0n) is 17.0. The Labute approximate surface area is 170 Å². The third-order valence-electron chi connectivity index (χ3n) is 4.37. The topological polar surface area (TPSA) is 114 Å². The monoisotopic (exact) mass is 397 g/mol. The molecule has 0 aromatic heterocycles. The van der Waals surface area contributed by atoms with Crippen LogP contribution < -0.4 is 15.8 Å². The maximum atomic E-state index is 12.1. The van der Waals surface area contributed by atoms with Crippen molar-refractivity contribution in [2.45, 2.75) is 39.2 Å². The molecule has 1 unspecified atom stereocenters. The average molecular weight is 397 g/mol. The molecule has 1 amide bonds. The van der Waals surface area contributed by atoms with E-state index in [-0.39, 0.29) is 11.7 Å². The predicted molar refractivity (Wildman–Crippen MR) is 113 cm³/mol. The average Bonchev–Trinajstić information content (AvgIpc) is 2.71. The van der Waals surface area contributed by atoms with Gasteiger partial charge in [0.15, 0.2) is 6.10 Å². The van der Waals surface area contributed by atoms with Crippen LogP contribution in [0.5, 0.6) is 5.75 Å². The van der Waals surface area contributed by atoms with Crippen LogP contribution in [0.4, 0.5) is 5.69 Å². The van der Waals surface area contributed by atoms with Crippen LogP contribution in [0.15, 0.2) is 42.5 Å². The van der Waals surface area contributed by atoms with E-state index in [1.807, 2.05) is 25.1 Å². The summed E-state index contributed by atoms with van der Waals surface area (Å²) in [4.78, 5) is 23.8. The summed E-state index contributed by atoms with van der Waals surface area (Å²) in [5, 5.41) is 10.3. The van der Waals surface area contributed by atoms with Gasteiger partial charge in [0.05, 0.1) is 12.8 Å². The Bertz CT molecular complexity index is 878. The lowest BCUT2D eigenvalue weighted by Gasteiger charge is -2.20. The minimum Gasteiger partial charge on any atom is -0.477 e. The first-order valence-electron chi connectivity index (χ1n) is 9.46. The number of hydrogen-bond donors (Lipinski definition) is 3. The molecule has 0 heterocycles. The molecule has 4 N–H and O–H groups in total. The molecule has 0 saturated carbocycles. The van der Waals surface area contributed by atoms with Crippen LogP contribution in [-0.2, 0) is 14.3 Å². The normalized spacial score (nSPS) is 11.4. The van der Waals surface area contributed by atoms with Gasteiger partial charge in [-0.15, -0.1) is 0 Å². The van der Waals surface area contributed by atoms with Gasteiger partial charge in [0.2, 0.25) is 5.91 Å². The highest BCUT2D eigenvalue weighted by Crippen LogP contribution is 2.32. The second-order valence-corrected chi connectivity index (χ2v) is 6.66. The molecular weight excluding hydrogens is 370 g/mol. The number of anilines is 1. The van der Waals surface area contributed by atoms with Gasteiger partial charge in [-0.2, -0.15) is 0 Å². The van der Waals surface area contributed by atoms with Crippen molar-refractivity contribution in [2.75, 3.05) is 12.4 Å². The predicted octanol–water partition coefficient (Wildman–Crippen LogP) is 3.71. The highest BCUT2D eigenvalue weighted by molar-refractivity contribution is 5.95. The Balaban J connectivity index is 2.36. The van der Waals surface area contributed by atoms with Gasteiger partial charge in [-0.3, -0.25) is 10.2 Å². The first-order chi connectivity index (χ1) is 13.8. The molecule has 2 aromatic carbocycles. The Morgan fingerprint density at radius 1 is 1.14 bits per heavy atom. The van der Waals surface area contributed by atoms with Gasteiger partial charge in [0.25, 0.3) is 0 Å². The number of nitrogen functional groups attached to an aromatic ring is 1. The molecule has 7 heteroatoms. The quantitative estimate of drug-likeness (QED) is 0.339. The largest absolute Gasteiger partial charge is 0.477 e. The lowest BCUT2D eigenvalue weighted by molar-refractivity contribution is -0.149. The maximum absolute atomic E-state index is 12.1. The number of carbonyl (C=O) groups excluding carboxylic acids is 2. The van der Waals surface area contributed by atoms with Gasteiger partial charge < -0.3 is 20.5 Å². The number of hydrogen-bond acceptors (Lipinski definition) is 5. The smallest absolute Gasteiger partial charge is 0.347 e. The van der Waals surface area contributed by atoms with Gasteiger partial charge in [0, 0.05) is 12.5 Å². The van der Waals surface area contributed by atoms with E-state index < -0.39 is 12.1 Å². The molecule has 0 saturated heterocycles. The minimum absolute atomic E-state index is 0.000152. The summed E-state index contributed by atoms with van der Waals surface area (Å²) < 4.78 is 10.8. The van der Waals surface area contributed by atoms with E-state index in [0.29, 0.717) is 23.4 Å². The van der Waals surface area contributed by atoms with E-state index in [0.717, 1.165) is 24.0 Å². The van der Waals surface area contributed by atoms with Crippen LogP contribution in [0.2, 0.25) is 0 Å². The van der Waals surface area contributed by atoms with Crippen molar-refractivity contribution in [1.82, 2.24) is 0 Å². The van der Waals surface area contributed by atoms with Crippen molar-refractivity contribution in [2.24, 2.45) is 5.73 Å². The lowest BCUT2D eigenvalue weighted by Crippen LogP contribution is -2.29. The molecule has 0 aliphatic heterocycles. The molecule has 0 aliphatic carbocycles. The molecule has 29 heavy (non-hydrogen) atoms. The molecule has 1 atom stereocenters. The molecule has 0 fully saturated rings. The number of unbranched alkanes of at least 4 members (excludes halogenated alkanes) is 1. The third-order valence-corrected chi connectivity index (χ3v) is 4.37. The Morgan fingerprint density at radius 2 is 1.79 bits per heavy atom. The summed E-state index contributed by atoms with van der Waals surface area (Å²) in [6.45, 7) is 3.44. The van der Waals surface area contributed by atoms with Crippen molar-refractivity contribution in [3.63, 3.8) is 0 Å². The molecule has 2 aromatic rings. The Morgan fingerprint density at radius 3 is 2.34 bits per heavy atom. The van der Waals surface area contributed by atoms with E-state index >= 15 is 0 Å². The van der Waals surface area contributed by atoms with Crippen molar-refractivity contribution in [3.05, 3.63) is 48.0 Å². The number of methoxy groups -OCH3 is 1. The molecule has 7 nitrogen and oxygen atoms in total. The van der Waals surface area contributed by atoms with Crippen LogP contribution in [0.25, 0.3) is 11.1 Å². The SMILES string of the molecule is CCCCC(Oc1ccc(-c2ccc(C(=N)N)cc2)cc1NC(C)=O)C(=O)OC. The van der Waals surface area contributed by atoms with Crippen molar-refractivity contribution >= 4 is 23.4 Å². The second-order valence-electron chi connectivity index (χ2n) is 6.66. The third kappa shape index (κ3) is 6.07. The number of nitrogens with two attached hydrogens (primary N) is 1. The Kier molecular flexibility index (Phi) is 7.77. The first kappa shape index (κ1) is 21.9. The molecule has 0 bridgehead atoms. The van der Waals surface area contributed by atoms with Crippen LogP contribution in [0.3, 0.4) is 0 Å². The Hall–Kier alpha value is -3.35. The molecule has 2 rings (SSSR count). The zero-order valence-corrected chi connectivity index (χ0v) is 17.0. The van der Waals surface area contributed by atoms with E-state index in [9.17, 15) is 9.59 Å². The number of esters is 1. The maximum Gasteiger partial charge on any atom is 0.347 e. The standard InChI is InChI=1S/C22H27N3O4/c1-4-5-6-20(22(27)28-3)29-19-12-11-17(13-18(19)25-14(2)26)15-7-9-16(10-8-15)21(23)24/h7-13,20H,4-6H2,1-3H3,(H3,23,24)(H,25,26). The fraction of sp³-hybridized carbons (Fsp3) is 0.318. The number of ether oxygens (including phenoxy) is 2. The second kappa shape index (κ2) is 10.3. The summed E-state index contributed by atoms with van der Waals surface area (Å²) in [6.07, 6.45) is 1.52. The minimum atomic E-state index is -0.742. The van der Waals surface area contributed by atoms with Gasteiger partial charge >= 0.3 is 5.97 Å². The number of carbonyl (C=O) groups is 2. The van der Waals surface area contributed by atoms with E-state index in [1.165, 1.54) is 14.0 Å². The first-order valence-corrected chi connectivity index (χ1v) is 9.46. The molecule has 0 spiro atoms. The highest BCUT2D eigenvalue weighted by Gasteiger charge is 2.22. The van der Waals surface area contributed by atoms with E-state index in [1.54, 1.807) is 24.3 Å². The van der Waals surface area contributed by atoms with Crippen LogP contribution in [0.1, 0.15) is 38.7 Å². The number of amides is 1.